The van der Waals surface area contributed by atoms with Crippen molar-refractivity contribution in [1.82, 2.24) is 4.31 Å². The van der Waals surface area contributed by atoms with Gasteiger partial charge < -0.3 is 29.3 Å². The highest BCUT2D eigenvalue weighted by Gasteiger charge is 2.42. The summed E-state index contributed by atoms with van der Waals surface area (Å²) < 4.78 is 46.5. The SMILES string of the molecule is COCCCN1CCOc2ccc(CO[C@H]3CN(S(=O)(=O)c4ccc(C)cc4)C[C@@H](CO)[C@@H]3c3ccc(O)cc3)cc21. The minimum Gasteiger partial charge on any atom is -0.508 e. The van der Waals surface area contributed by atoms with Gasteiger partial charge in [-0.15, -0.1) is 0 Å². The van der Waals surface area contributed by atoms with Crippen LogP contribution in [0, 0.1) is 12.8 Å². The second-order valence-electron chi connectivity index (χ2n) is 11.0. The molecule has 0 saturated carbocycles. The number of hydrogen-bond donors (Lipinski definition) is 2. The van der Waals surface area contributed by atoms with E-state index in [1.807, 2.05) is 31.2 Å². The molecule has 0 bridgehead atoms. The number of benzene rings is 3. The van der Waals surface area contributed by atoms with Crippen molar-refractivity contribution in [3.8, 4) is 11.5 Å². The molecule has 9 nitrogen and oxygen atoms in total. The Morgan fingerprint density at radius 2 is 1.79 bits per heavy atom. The molecule has 3 aromatic carbocycles. The van der Waals surface area contributed by atoms with Gasteiger partial charge in [0.1, 0.15) is 18.1 Å². The van der Waals surface area contributed by atoms with Crippen molar-refractivity contribution in [2.24, 2.45) is 5.92 Å². The van der Waals surface area contributed by atoms with Crippen molar-refractivity contribution >= 4 is 15.7 Å². The van der Waals surface area contributed by atoms with Crippen molar-refractivity contribution in [1.29, 1.82) is 0 Å². The summed E-state index contributed by atoms with van der Waals surface area (Å²) in [6, 6.07) is 19.7. The van der Waals surface area contributed by atoms with Gasteiger partial charge in [-0.25, -0.2) is 8.42 Å². The van der Waals surface area contributed by atoms with Gasteiger partial charge in [-0.3, -0.25) is 0 Å². The molecule has 2 N–H and O–H groups in total. The summed E-state index contributed by atoms with van der Waals surface area (Å²) >= 11 is 0. The molecular weight excluding hydrogens is 556 g/mol. The van der Waals surface area contributed by atoms with E-state index >= 15 is 0 Å². The highest BCUT2D eigenvalue weighted by Crippen LogP contribution is 2.39. The van der Waals surface area contributed by atoms with Crippen LogP contribution < -0.4 is 9.64 Å². The first-order valence-electron chi connectivity index (χ1n) is 14.4. The molecule has 3 aromatic rings. The van der Waals surface area contributed by atoms with E-state index in [-0.39, 0.29) is 42.9 Å². The number of ether oxygens (including phenoxy) is 3. The van der Waals surface area contributed by atoms with Gasteiger partial charge in [0.2, 0.25) is 10.0 Å². The fourth-order valence-electron chi connectivity index (χ4n) is 5.88. The number of aromatic hydroxyl groups is 1. The number of anilines is 1. The Kier molecular flexibility index (Phi) is 9.70. The van der Waals surface area contributed by atoms with Crippen molar-refractivity contribution in [2.75, 3.05) is 58.0 Å². The van der Waals surface area contributed by atoms with Gasteiger partial charge in [-0.1, -0.05) is 35.9 Å². The third-order valence-electron chi connectivity index (χ3n) is 8.12. The second kappa shape index (κ2) is 13.4. The Hall–Kier alpha value is -3.15. The minimum absolute atomic E-state index is 0.134. The standard InChI is InChI=1S/C32H40N2O7S/c1-23-4-11-28(12-5-23)42(37,38)34-19-26(21-35)32(25-7-9-27(36)10-8-25)31(20-34)41-22-24-6-13-30-29(18-24)33(15-17-40-30)14-3-16-39-2/h4-13,18,26,31-32,35-36H,3,14-17,19-22H2,1-2H3/t26-,31-,32-/m0/s1. The number of hydrogen-bond acceptors (Lipinski definition) is 8. The molecule has 0 aliphatic carbocycles. The summed E-state index contributed by atoms with van der Waals surface area (Å²) in [6.07, 6.45) is 0.367. The topological polar surface area (TPSA) is 109 Å². The lowest BCUT2D eigenvalue weighted by Gasteiger charge is -2.42. The summed E-state index contributed by atoms with van der Waals surface area (Å²) in [5, 5.41) is 20.4. The smallest absolute Gasteiger partial charge is 0.243 e. The Bertz CT molecular complexity index is 1430. The molecule has 10 heteroatoms. The quantitative estimate of drug-likeness (QED) is 0.321. The molecule has 0 unspecified atom stereocenters. The molecule has 2 aliphatic rings. The lowest BCUT2D eigenvalue weighted by molar-refractivity contribution is -0.0351. The zero-order chi connectivity index (χ0) is 29.7. The Labute approximate surface area is 248 Å². The largest absolute Gasteiger partial charge is 0.508 e. The van der Waals surface area contributed by atoms with E-state index in [0.717, 1.165) is 47.6 Å². The predicted octanol–water partition coefficient (Wildman–Crippen LogP) is 3.92. The van der Waals surface area contributed by atoms with Crippen LogP contribution in [0.1, 0.15) is 29.0 Å². The van der Waals surface area contributed by atoms with Crippen LogP contribution in [0.3, 0.4) is 0 Å². The zero-order valence-electron chi connectivity index (χ0n) is 24.2. The van der Waals surface area contributed by atoms with Crippen LogP contribution in [0.4, 0.5) is 5.69 Å². The van der Waals surface area contributed by atoms with Crippen LogP contribution in [0.25, 0.3) is 0 Å². The molecule has 2 aliphatic heterocycles. The van der Waals surface area contributed by atoms with E-state index < -0.39 is 22.0 Å². The maximum Gasteiger partial charge on any atom is 0.243 e. The molecular formula is C32H40N2O7S. The van der Waals surface area contributed by atoms with E-state index in [1.165, 1.54) is 4.31 Å². The van der Waals surface area contributed by atoms with Gasteiger partial charge in [0.15, 0.2) is 0 Å². The molecule has 0 spiro atoms. The third kappa shape index (κ3) is 6.74. The van der Waals surface area contributed by atoms with E-state index in [4.69, 9.17) is 14.2 Å². The summed E-state index contributed by atoms with van der Waals surface area (Å²) in [7, 11) is -2.11. The summed E-state index contributed by atoms with van der Waals surface area (Å²) in [4.78, 5) is 2.51. The lowest BCUT2D eigenvalue weighted by atomic mass is 9.79. The van der Waals surface area contributed by atoms with Crippen LogP contribution in [0.2, 0.25) is 0 Å². The van der Waals surface area contributed by atoms with Gasteiger partial charge in [-0.05, 0) is 60.9 Å². The van der Waals surface area contributed by atoms with Crippen LogP contribution in [-0.2, 0) is 26.1 Å². The average molecular weight is 597 g/mol. The number of aliphatic hydroxyl groups excluding tert-OH is 1. The van der Waals surface area contributed by atoms with Crippen molar-refractivity contribution < 1.29 is 32.8 Å². The Morgan fingerprint density at radius 1 is 1.02 bits per heavy atom. The van der Waals surface area contributed by atoms with Gasteiger partial charge in [-0.2, -0.15) is 4.31 Å². The van der Waals surface area contributed by atoms with Gasteiger partial charge in [0.25, 0.3) is 0 Å². The van der Waals surface area contributed by atoms with E-state index in [2.05, 4.69) is 11.0 Å². The molecule has 3 atom stereocenters. The molecule has 1 fully saturated rings. The molecule has 0 amide bonds. The fourth-order valence-corrected chi connectivity index (χ4v) is 7.39. The number of piperidine rings is 1. The number of methoxy groups -OCH3 is 1. The first-order valence-corrected chi connectivity index (χ1v) is 15.8. The van der Waals surface area contributed by atoms with Crippen LogP contribution >= 0.6 is 0 Å². The fraction of sp³-hybridized carbons (Fsp3) is 0.438. The number of aryl methyl sites for hydroxylation is 1. The van der Waals surface area contributed by atoms with Gasteiger partial charge in [0.05, 0.1) is 29.8 Å². The van der Waals surface area contributed by atoms with E-state index in [9.17, 15) is 18.6 Å². The number of phenols is 1. The van der Waals surface area contributed by atoms with Gasteiger partial charge in [0, 0.05) is 51.8 Å². The first kappa shape index (κ1) is 30.3. The first-order chi connectivity index (χ1) is 20.3. The van der Waals surface area contributed by atoms with Crippen molar-refractivity contribution in [3.05, 3.63) is 83.4 Å². The average Bonchev–Trinajstić information content (AvgIpc) is 3.00. The number of aliphatic hydroxyl groups is 1. The second-order valence-corrected chi connectivity index (χ2v) is 13.0. The monoisotopic (exact) mass is 596 g/mol. The van der Waals surface area contributed by atoms with Crippen LogP contribution in [0.5, 0.6) is 11.5 Å². The summed E-state index contributed by atoms with van der Waals surface area (Å²) in [5.41, 5.74) is 3.81. The van der Waals surface area contributed by atoms with E-state index in [0.29, 0.717) is 13.2 Å². The summed E-state index contributed by atoms with van der Waals surface area (Å²) in [5.74, 6) is 0.300. The zero-order valence-corrected chi connectivity index (χ0v) is 25.0. The maximum atomic E-state index is 13.7. The lowest BCUT2D eigenvalue weighted by Crippen LogP contribution is -2.52. The van der Waals surface area contributed by atoms with Gasteiger partial charge >= 0.3 is 0 Å². The normalized spacial score (nSPS) is 21.1. The number of sulfonamides is 1. The molecule has 1 saturated heterocycles. The highest BCUT2D eigenvalue weighted by molar-refractivity contribution is 7.89. The maximum absolute atomic E-state index is 13.7. The molecule has 5 rings (SSSR count). The van der Waals surface area contributed by atoms with E-state index in [1.54, 1.807) is 43.5 Å². The third-order valence-corrected chi connectivity index (χ3v) is 9.97. The van der Waals surface area contributed by atoms with Crippen molar-refractivity contribution in [2.45, 2.75) is 36.9 Å². The number of phenolic OH excluding ortho intramolecular Hbond substituents is 1. The van der Waals surface area contributed by atoms with Crippen LogP contribution in [0.15, 0.2) is 71.6 Å². The molecule has 0 radical (unpaired) electrons. The minimum atomic E-state index is -3.81. The summed E-state index contributed by atoms with van der Waals surface area (Å²) in [6.45, 7) is 5.20. The number of nitrogens with zero attached hydrogens (tertiary/aromatic N) is 2. The molecule has 0 aromatic heterocycles. The molecule has 42 heavy (non-hydrogen) atoms. The number of rotatable bonds is 11. The Balaban J connectivity index is 1.41. The molecule has 2 heterocycles. The predicted molar refractivity (Wildman–Crippen MR) is 161 cm³/mol. The molecule has 226 valence electrons. The number of fused-ring (bicyclic) bond motifs is 1. The van der Waals surface area contributed by atoms with Crippen molar-refractivity contribution in [3.63, 3.8) is 0 Å². The Morgan fingerprint density at radius 3 is 2.50 bits per heavy atom. The van der Waals surface area contributed by atoms with Crippen LogP contribution in [-0.4, -0.2) is 82.1 Å². The highest BCUT2D eigenvalue weighted by atomic mass is 32.2.